The van der Waals surface area contributed by atoms with E-state index in [1.165, 1.54) is 0 Å². The van der Waals surface area contributed by atoms with Crippen LogP contribution in [0.2, 0.25) is 0 Å². The van der Waals surface area contributed by atoms with Crippen molar-refractivity contribution in [2.75, 3.05) is 26.3 Å². The molecule has 0 saturated carbocycles. The van der Waals surface area contributed by atoms with Crippen molar-refractivity contribution in [3.8, 4) is 0 Å². The summed E-state index contributed by atoms with van der Waals surface area (Å²) >= 11 is 0. The minimum atomic E-state index is -0.514. The van der Waals surface area contributed by atoms with Crippen LogP contribution in [0.5, 0.6) is 0 Å². The van der Waals surface area contributed by atoms with Crippen molar-refractivity contribution >= 4 is 6.03 Å². The summed E-state index contributed by atoms with van der Waals surface area (Å²) in [6.07, 6.45) is -0.514. The summed E-state index contributed by atoms with van der Waals surface area (Å²) in [5.74, 6) is 0. The lowest BCUT2D eigenvalue weighted by Gasteiger charge is -2.28. The maximum atomic E-state index is 11.7. The molecule has 0 aliphatic rings. The molecule has 2 amide bonds. The van der Waals surface area contributed by atoms with Crippen LogP contribution in [-0.4, -0.2) is 54.5 Å². The Morgan fingerprint density at radius 1 is 1.44 bits per heavy atom. The molecule has 96 valence electrons. The SMILES string of the molecule is CCOCCNC(=O)N(CC(C)O)C(C)C. The van der Waals surface area contributed by atoms with Gasteiger partial charge in [-0.1, -0.05) is 0 Å². The van der Waals surface area contributed by atoms with Gasteiger partial charge in [0, 0.05) is 25.7 Å². The summed E-state index contributed by atoms with van der Waals surface area (Å²) in [4.78, 5) is 13.3. The molecule has 5 heteroatoms. The third-order valence-corrected chi connectivity index (χ3v) is 2.07. The standard InChI is InChI=1S/C11H24N2O3/c1-5-16-7-6-12-11(15)13(9(2)3)8-10(4)14/h9-10,14H,5-8H2,1-4H3,(H,12,15). The lowest BCUT2D eigenvalue weighted by Crippen LogP contribution is -2.47. The molecular formula is C11H24N2O3. The molecule has 0 aromatic carbocycles. The first-order valence-electron chi connectivity index (χ1n) is 5.79. The largest absolute Gasteiger partial charge is 0.392 e. The Kier molecular flexibility index (Phi) is 7.93. The predicted molar refractivity (Wildman–Crippen MR) is 63.4 cm³/mol. The van der Waals surface area contributed by atoms with E-state index < -0.39 is 6.10 Å². The summed E-state index contributed by atoms with van der Waals surface area (Å²) in [5.41, 5.74) is 0. The lowest BCUT2D eigenvalue weighted by atomic mass is 10.3. The molecule has 0 spiro atoms. The number of urea groups is 1. The van der Waals surface area contributed by atoms with Crippen molar-refractivity contribution in [3.05, 3.63) is 0 Å². The monoisotopic (exact) mass is 232 g/mol. The predicted octanol–water partition coefficient (Wildman–Crippen LogP) is 0.824. The highest BCUT2D eigenvalue weighted by molar-refractivity contribution is 5.74. The third kappa shape index (κ3) is 6.63. The van der Waals surface area contributed by atoms with Gasteiger partial charge in [0.05, 0.1) is 12.7 Å². The van der Waals surface area contributed by atoms with E-state index in [2.05, 4.69) is 5.32 Å². The summed E-state index contributed by atoms with van der Waals surface area (Å²) in [6.45, 7) is 9.43. The van der Waals surface area contributed by atoms with Gasteiger partial charge in [0.15, 0.2) is 0 Å². The molecule has 2 N–H and O–H groups in total. The number of aliphatic hydroxyl groups excluding tert-OH is 1. The van der Waals surface area contributed by atoms with Gasteiger partial charge in [-0.15, -0.1) is 0 Å². The third-order valence-electron chi connectivity index (χ3n) is 2.07. The Balaban J connectivity index is 3.97. The van der Waals surface area contributed by atoms with Gasteiger partial charge in [0.2, 0.25) is 0 Å². The van der Waals surface area contributed by atoms with E-state index in [-0.39, 0.29) is 12.1 Å². The molecule has 0 radical (unpaired) electrons. The Hall–Kier alpha value is -0.810. The first-order chi connectivity index (χ1) is 7.49. The van der Waals surface area contributed by atoms with E-state index in [0.29, 0.717) is 26.3 Å². The molecule has 0 bridgehead atoms. The minimum absolute atomic E-state index is 0.0710. The number of nitrogens with one attached hydrogen (secondary N) is 1. The van der Waals surface area contributed by atoms with Crippen molar-refractivity contribution in [1.29, 1.82) is 0 Å². The molecule has 0 heterocycles. The van der Waals surface area contributed by atoms with Crippen LogP contribution in [-0.2, 0) is 4.74 Å². The number of amides is 2. The van der Waals surface area contributed by atoms with Gasteiger partial charge < -0.3 is 20.1 Å². The van der Waals surface area contributed by atoms with E-state index >= 15 is 0 Å². The molecule has 0 fully saturated rings. The fourth-order valence-corrected chi connectivity index (χ4v) is 1.29. The quantitative estimate of drug-likeness (QED) is 0.639. The van der Waals surface area contributed by atoms with Gasteiger partial charge in [0.1, 0.15) is 0 Å². The highest BCUT2D eigenvalue weighted by atomic mass is 16.5. The number of rotatable bonds is 7. The Morgan fingerprint density at radius 3 is 2.50 bits per heavy atom. The molecule has 0 aromatic rings. The van der Waals surface area contributed by atoms with Crippen LogP contribution in [0.25, 0.3) is 0 Å². The zero-order chi connectivity index (χ0) is 12.6. The minimum Gasteiger partial charge on any atom is -0.392 e. The number of carbonyl (C=O) groups is 1. The Labute approximate surface area is 97.8 Å². The normalized spacial score (nSPS) is 12.6. The van der Waals surface area contributed by atoms with E-state index in [1.54, 1.807) is 11.8 Å². The smallest absolute Gasteiger partial charge is 0.317 e. The van der Waals surface area contributed by atoms with E-state index in [0.717, 1.165) is 0 Å². The van der Waals surface area contributed by atoms with Crippen LogP contribution in [0.15, 0.2) is 0 Å². The summed E-state index contributed by atoms with van der Waals surface area (Å²) in [5, 5.41) is 12.0. The Bertz CT molecular complexity index is 196. The van der Waals surface area contributed by atoms with Gasteiger partial charge in [-0.3, -0.25) is 0 Å². The van der Waals surface area contributed by atoms with Gasteiger partial charge >= 0.3 is 6.03 Å². The maximum absolute atomic E-state index is 11.7. The number of nitrogens with zero attached hydrogens (tertiary/aromatic N) is 1. The number of aliphatic hydroxyl groups is 1. The molecule has 5 nitrogen and oxygen atoms in total. The number of carbonyl (C=O) groups excluding carboxylic acids is 1. The van der Waals surface area contributed by atoms with Crippen LogP contribution < -0.4 is 5.32 Å². The molecule has 16 heavy (non-hydrogen) atoms. The van der Waals surface area contributed by atoms with Crippen LogP contribution in [0.3, 0.4) is 0 Å². The number of hydrogen-bond acceptors (Lipinski definition) is 3. The fraction of sp³-hybridized carbons (Fsp3) is 0.909. The summed E-state index contributed by atoms with van der Waals surface area (Å²) in [6, 6.07) is -0.0858. The second-order valence-electron chi connectivity index (χ2n) is 4.02. The topological polar surface area (TPSA) is 61.8 Å². The second kappa shape index (κ2) is 8.35. The highest BCUT2D eigenvalue weighted by Gasteiger charge is 2.17. The molecule has 0 saturated heterocycles. The summed E-state index contributed by atoms with van der Waals surface area (Å²) < 4.78 is 5.12. The van der Waals surface area contributed by atoms with Crippen molar-refractivity contribution in [2.45, 2.75) is 39.8 Å². The zero-order valence-electron chi connectivity index (χ0n) is 10.7. The van der Waals surface area contributed by atoms with Crippen LogP contribution >= 0.6 is 0 Å². The van der Waals surface area contributed by atoms with Gasteiger partial charge in [-0.05, 0) is 27.7 Å². The lowest BCUT2D eigenvalue weighted by molar-refractivity contribution is 0.114. The van der Waals surface area contributed by atoms with Crippen LogP contribution in [0, 0.1) is 0 Å². The van der Waals surface area contributed by atoms with Crippen molar-refractivity contribution < 1.29 is 14.6 Å². The van der Waals surface area contributed by atoms with Crippen LogP contribution in [0.1, 0.15) is 27.7 Å². The molecule has 1 unspecified atom stereocenters. The number of ether oxygens (including phenoxy) is 1. The fourth-order valence-electron chi connectivity index (χ4n) is 1.29. The van der Waals surface area contributed by atoms with Gasteiger partial charge in [0.25, 0.3) is 0 Å². The highest BCUT2D eigenvalue weighted by Crippen LogP contribution is 2.00. The molecule has 0 rings (SSSR count). The van der Waals surface area contributed by atoms with E-state index in [9.17, 15) is 9.90 Å². The molecular weight excluding hydrogens is 208 g/mol. The number of hydrogen-bond donors (Lipinski definition) is 2. The first kappa shape index (κ1) is 15.2. The van der Waals surface area contributed by atoms with Crippen molar-refractivity contribution in [1.82, 2.24) is 10.2 Å². The van der Waals surface area contributed by atoms with Crippen molar-refractivity contribution in [3.63, 3.8) is 0 Å². The molecule has 0 aliphatic carbocycles. The van der Waals surface area contributed by atoms with E-state index in [4.69, 9.17) is 4.74 Å². The second-order valence-corrected chi connectivity index (χ2v) is 4.02. The molecule has 0 aliphatic heterocycles. The van der Waals surface area contributed by atoms with Crippen LogP contribution in [0.4, 0.5) is 4.79 Å². The Morgan fingerprint density at radius 2 is 2.06 bits per heavy atom. The average Bonchev–Trinajstić information content (AvgIpc) is 2.20. The maximum Gasteiger partial charge on any atom is 0.317 e. The zero-order valence-corrected chi connectivity index (χ0v) is 10.7. The van der Waals surface area contributed by atoms with Crippen molar-refractivity contribution in [2.24, 2.45) is 0 Å². The van der Waals surface area contributed by atoms with Gasteiger partial charge in [-0.25, -0.2) is 4.79 Å². The average molecular weight is 232 g/mol. The summed E-state index contributed by atoms with van der Waals surface area (Å²) in [7, 11) is 0. The molecule has 0 aromatic heterocycles. The van der Waals surface area contributed by atoms with E-state index in [1.807, 2.05) is 20.8 Å². The molecule has 1 atom stereocenters. The first-order valence-corrected chi connectivity index (χ1v) is 5.79. The van der Waals surface area contributed by atoms with Gasteiger partial charge in [-0.2, -0.15) is 0 Å².